The molecule has 2 aromatic heterocycles. The van der Waals surface area contributed by atoms with Crippen molar-refractivity contribution in [3.8, 4) is 5.75 Å². The number of ether oxygens (including phenoxy) is 1. The van der Waals surface area contributed by atoms with E-state index in [1.54, 1.807) is 60.0 Å². The number of carbonyl (C=O) groups excluding carboxylic acids is 3. The molecule has 0 spiro atoms. The molecule has 0 radical (unpaired) electrons. The molecule has 1 aromatic carbocycles. The van der Waals surface area contributed by atoms with E-state index in [0.29, 0.717) is 36.5 Å². The van der Waals surface area contributed by atoms with Gasteiger partial charge in [0.15, 0.2) is 12.7 Å². The molecule has 1 amide bonds. The van der Waals surface area contributed by atoms with Crippen LogP contribution in [0.15, 0.2) is 42.6 Å². The maximum absolute atomic E-state index is 13.1. The lowest BCUT2D eigenvalue weighted by molar-refractivity contribution is -0.805. The lowest BCUT2D eigenvalue weighted by Gasteiger charge is -2.34. The summed E-state index contributed by atoms with van der Waals surface area (Å²) in [6, 6.07) is 10.4. The van der Waals surface area contributed by atoms with Crippen molar-refractivity contribution in [1.82, 2.24) is 24.6 Å². The fourth-order valence-corrected chi connectivity index (χ4v) is 4.69. The van der Waals surface area contributed by atoms with Crippen molar-refractivity contribution in [3.63, 3.8) is 0 Å². The largest absolute Gasteiger partial charge is 0.497 e. The molecule has 1 aliphatic carbocycles. The van der Waals surface area contributed by atoms with E-state index < -0.39 is 0 Å². The summed E-state index contributed by atoms with van der Waals surface area (Å²) in [5, 5.41) is 4.33. The van der Waals surface area contributed by atoms with Crippen molar-refractivity contribution in [2.24, 2.45) is 7.05 Å². The van der Waals surface area contributed by atoms with Crippen LogP contribution in [-0.4, -0.2) is 81.9 Å². The van der Waals surface area contributed by atoms with Gasteiger partial charge in [0.05, 0.1) is 19.2 Å². The monoisotopic (exact) mass is 475 g/mol. The Morgan fingerprint density at radius 1 is 1.00 bits per heavy atom. The van der Waals surface area contributed by atoms with Crippen molar-refractivity contribution in [2.45, 2.75) is 13.0 Å². The number of aromatic nitrogens is 4. The molecule has 2 aliphatic rings. The summed E-state index contributed by atoms with van der Waals surface area (Å²) >= 11 is 0. The minimum Gasteiger partial charge on any atom is -0.497 e. The number of amides is 1. The highest BCUT2D eigenvalue weighted by Crippen LogP contribution is 2.24. The zero-order valence-corrected chi connectivity index (χ0v) is 19.8. The molecule has 1 fully saturated rings. The molecule has 3 aromatic rings. The highest BCUT2D eigenvalue weighted by atomic mass is 16.5. The maximum Gasteiger partial charge on any atom is 0.253 e. The van der Waals surface area contributed by atoms with Crippen molar-refractivity contribution >= 4 is 17.5 Å². The average Bonchev–Trinajstić information content (AvgIpc) is 3.23. The van der Waals surface area contributed by atoms with E-state index in [1.165, 1.54) is 6.20 Å². The van der Waals surface area contributed by atoms with Gasteiger partial charge in [-0.05, 0) is 47.6 Å². The Balaban J connectivity index is 1.18. The van der Waals surface area contributed by atoms with E-state index in [4.69, 9.17) is 4.74 Å². The standard InChI is InChI=1S/C25H27N6O4/c1-28-27-21-22(24(33)20-19(23(21)32)5-3-10-26-20)31(28)12-4-11-29-13-15-30(16-14-29)25(34)17-6-8-18(35-2)9-7-17/h3,5-10H,4,11-16H2,1-2H3/q+1. The number of pyridine rings is 1. The molecule has 0 atom stereocenters. The first kappa shape index (κ1) is 22.9. The Morgan fingerprint density at radius 3 is 2.46 bits per heavy atom. The lowest BCUT2D eigenvalue weighted by Crippen LogP contribution is -2.49. The molecular weight excluding hydrogens is 448 g/mol. The zero-order chi connectivity index (χ0) is 24.5. The highest BCUT2D eigenvalue weighted by molar-refractivity contribution is 6.26. The van der Waals surface area contributed by atoms with Crippen LogP contribution in [0.25, 0.3) is 0 Å². The summed E-state index contributed by atoms with van der Waals surface area (Å²) in [5.74, 6) is 0.218. The number of benzene rings is 1. The van der Waals surface area contributed by atoms with Crippen LogP contribution in [0.3, 0.4) is 0 Å². The average molecular weight is 476 g/mol. The van der Waals surface area contributed by atoms with Crippen molar-refractivity contribution < 1.29 is 23.9 Å². The van der Waals surface area contributed by atoms with Crippen LogP contribution in [0.5, 0.6) is 5.75 Å². The summed E-state index contributed by atoms with van der Waals surface area (Å²) in [6.45, 7) is 4.25. The number of hydrogen-bond acceptors (Lipinski definition) is 7. The van der Waals surface area contributed by atoms with Gasteiger partial charge in [0.1, 0.15) is 11.4 Å². The Labute approximate surface area is 202 Å². The minimum absolute atomic E-state index is 0.0291. The van der Waals surface area contributed by atoms with Gasteiger partial charge in [-0.3, -0.25) is 24.3 Å². The first-order chi connectivity index (χ1) is 17.0. The second kappa shape index (κ2) is 9.38. The fraction of sp³-hybridized carbons (Fsp3) is 0.360. The predicted octanol–water partition coefficient (Wildman–Crippen LogP) is 0.735. The number of aryl methyl sites for hydroxylation is 1. The van der Waals surface area contributed by atoms with Gasteiger partial charge in [-0.1, -0.05) is 0 Å². The van der Waals surface area contributed by atoms with Gasteiger partial charge < -0.3 is 9.64 Å². The molecule has 10 heteroatoms. The van der Waals surface area contributed by atoms with Crippen LogP contribution in [0, 0.1) is 0 Å². The molecule has 0 unspecified atom stereocenters. The van der Waals surface area contributed by atoms with Crippen molar-refractivity contribution in [3.05, 3.63) is 70.8 Å². The number of nitrogens with zero attached hydrogens (tertiary/aromatic N) is 6. The molecular formula is C25H27N6O4+. The Kier molecular flexibility index (Phi) is 6.12. The third-order valence-corrected chi connectivity index (χ3v) is 6.61. The molecule has 1 aliphatic heterocycles. The van der Waals surface area contributed by atoms with Gasteiger partial charge >= 0.3 is 0 Å². The smallest absolute Gasteiger partial charge is 0.253 e. The zero-order valence-electron chi connectivity index (χ0n) is 19.8. The minimum atomic E-state index is -0.269. The number of piperazine rings is 1. The van der Waals surface area contributed by atoms with Crippen LogP contribution >= 0.6 is 0 Å². The summed E-state index contributed by atoms with van der Waals surface area (Å²) in [7, 11) is 3.34. The first-order valence-electron chi connectivity index (χ1n) is 11.6. The van der Waals surface area contributed by atoms with Gasteiger partial charge in [-0.2, -0.15) is 0 Å². The number of fused-ring (bicyclic) bond motifs is 2. The molecule has 35 heavy (non-hydrogen) atoms. The van der Waals surface area contributed by atoms with Gasteiger partial charge in [-0.25, -0.2) is 0 Å². The van der Waals surface area contributed by atoms with E-state index in [2.05, 4.69) is 15.0 Å². The topological polar surface area (TPSA) is 102 Å². The van der Waals surface area contributed by atoms with Crippen molar-refractivity contribution in [2.75, 3.05) is 39.8 Å². The van der Waals surface area contributed by atoms with Crippen molar-refractivity contribution in [1.29, 1.82) is 0 Å². The van der Waals surface area contributed by atoms with Gasteiger partial charge in [0.2, 0.25) is 17.3 Å². The molecule has 10 nitrogen and oxygen atoms in total. The van der Waals surface area contributed by atoms with Gasteiger partial charge in [0.25, 0.3) is 5.91 Å². The van der Waals surface area contributed by atoms with Gasteiger partial charge in [-0.15, -0.1) is 4.68 Å². The third-order valence-electron chi connectivity index (χ3n) is 6.61. The number of rotatable bonds is 6. The Hall–Kier alpha value is -3.92. The fourth-order valence-electron chi connectivity index (χ4n) is 4.69. The second-order valence-corrected chi connectivity index (χ2v) is 8.68. The summed E-state index contributed by atoms with van der Waals surface area (Å²) in [4.78, 5) is 48.6. The summed E-state index contributed by atoms with van der Waals surface area (Å²) in [6.07, 6.45) is 2.30. The Morgan fingerprint density at radius 2 is 1.74 bits per heavy atom. The predicted molar refractivity (Wildman–Crippen MR) is 124 cm³/mol. The number of carbonyl (C=O) groups is 3. The quantitative estimate of drug-likeness (QED) is 0.379. The van der Waals surface area contributed by atoms with Crippen LogP contribution in [0.4, 0.5) is 0 Å². The second-order valence-electron chi connectivity index (χ2n) is 8.68. The summed E-state index contributed by atoms with van der Waals surface area (Å²) < 4.78 is 6.92. The molecule has 1 saturated heterocycles. The number of methoxy groups -OCH3 is 1. The SMILES string of the molecule is COc1ccc(C(=O)N2CCN(CCCn3c4c(n[n+]3C)C(=O)c3cccnc3C4=O)CC2)cc1. The molecule has 0 N–H and O–H groups in total. The van der Waals surface area contributed by atoms with E-state index in [9.17, 15) is 14.4 Å². The molecule has 0 bridgehead atoms. The highest BCUT2D eigenvalue weighted by Gasteiger charge is 2.40. The van der Waals surface area contributed by atoms with E-state index in [1.807, 2.05) is 4.90 Å². The molecule has 180 valence electrons. The van der Waals surface area contributed by atoms with E-state index >= 15 is 0 Å². The van der Waals surface area contributed by atoms with E-state index in [-0.39, 0.29) is 28.9 Å². The van der Waals surface area contributed by atoms with E-state index in [0.717, 1.165) is 31.8 Å². The third kappa shape index (κ3) is 4.21. The lowest BCUT2D eigenvalue weighted by atomic mass is 9.94. The van der Waals surface area contributed by atoms with Crippen LogP contribution < -0.4 is 9.53 Å². The maximum atomic E-state index is 13.1. The molecule has 3 heterocycles. The summed E-state index contributed by atoms with van der Waals surface area (Å²) in [5.41, 5.74) is 1.64. The number of ketones is 2. The molecule has 5 rings (SSSR count). The molecule has 0 saturated carbocycles. The van der Waals surface area contributed by atoms with Crippen LogP contribution in [0.1, 0.15) is 49.0 Å². The number of hydrogen-bond donors (Lipinski definition) is 0. The Bertz CT molecular complexity index is 1290. The van der Waals surface area contributed by atoms with Crippen LogP contribution in [-0.2, 0) is 13.6 Å². The van der Waals surface area contributed by atoms with Crippen LogP contribution in [0.2, 0.25) is 0 Å². The van der Waals surface area contributed by atoms with Gasteiger partial charge in [0, 0.05) is 49.6 Å². The normalized spacial score (nSPS) is 15.7. The first-order valence-corrected chi connectivity index (χ1v) is 11.6.